The van der Waals surface area contributed by atoms with Gasteiger partial charge in [-0.15, -0.1) is 0 Å². The Bertz CT molecular complexity index is 1390. The van der Waals surface area contributed by atoms with Gasteiger partial charge in [0.2, 0.25) is 10.0 Å². The van der Waals surface area contributed by atoms with Gasteiger partial charge in [0.15, 0.2) is 11.7 Å². The van der Waals surface area contributed by atoms with Crippen molar-refractivity contribution in [3.8, 4) is 0 Å². The highest BCUT2D eigenvalue weighted by atomic mass is 35.5. The number of nitrogens with one attached hydrogen (secondary N) is 2. The number of carbonyl (C=O) groups excluding carboxylic acids is 1. The molecule has 198 valence electrons. The molecule has 1 aromatic heterocycles. The summed E-state index contributed by atoms with van der Waals surface area (Å²) in [5.74, 6) is -3.53. The molecule has 2 aliphatic rings. The lowest BCUT2D eigenvalue weighted by Gasteiger charge is -2.35. The van der Waals surface area contributed by atoms with E-state index in [0.29, 0.717) is 37.4 Å². The highest BCUT2D eigenvalue weighted by molar-refractivity contribution is 7.88. The number of benzene rings is 1. The minimum atomic E-state index is -3.40. The van der Waals surface area contributed by atoms with E-state index in [-0.39, 0.29) is 39.6 Å². The number of esters is 1. The minimum absolute atomic E-state index is 0.00986. The van der Waals surface area contributed by atoms with Gasteiger partial charge >= 0.3 is 5.97 Å². The first-order valence-corrected chi connectivity index (χ1v) is 13.6. The number of halogens is 4. The highest BCUT2D eigenvalue weighted by Gasteiger charge is 2.38. The summed E-state index contributed by atoms with van der Waals surface area (Å²) >= 11 is 6.33. The maximum atomic E-state index is 14.7. The van der Waals surface area contributed by atoms with Crippen LogP contribution < -0.4 is 10.0 Å². The number of ether oxygens (including phenoxy) is 1. The third-order valence-corrected chi connectivity index (χ3v) is 7.37. The monoisotopic (exact) mass is 556 g/mol. The molecule has 1 aliphatic carbocycles. The van der Waals surface area contributed by atoms with E-state index < -0.39 is 39.5 Å². The van der Waals surface area contributed by atoms with Gasteiger partial charge in [-0.1, -0.05) is 17.7 Å². The van der Waals surface area contributed by atoms with Crippen molar-refractivity contribution >= 4 is 33.4 Å². The van der Waals surface area contributed by atoms with Crippen molar-refractivity contribution < 1.29 is 31.1 Å². The van der Waals surface area contributed by atoms with Crippen LogP contribution in [0.15, 0.2) is 46.7 Å². The lowest BCUT2D eigenvalue weighted by Crippen LogP contribution is -2.41. The van der Waals surface area contributed by atoms with E-state index in [2.05, 4.69) is 20.0 Å². The topological polar surface area (TPSA) is 110 Å². The quantitative estimate of drug-likeness (QED) is 0.524. The van der Waals surface area contributed by atoms with Crippen molar-refractivity contribution in [3.05, 3.63) is 75.5 Å². The van der Waals surface area contributed by atoms with E-state index in [1.165, 1.54) is 13.2 Å². The largest absolute Gasteiger partial charge is 0.466 e. The molecule has 0 bridgehead atoms. The number of allylic oxidation sites excluding steroid dienone is 1. The zero-order valence-corrected chi connectivity index (χ0v) is 21.5. The van der Waals surface area contributed by atoms with Crippen LogP contribution >= 0.6 is 11.6 Å². The smallest absolute Gasteiger partial charge is 0.338 e. The summed E-state index contributed by atoms with van der Waals surface area (Å²) < 4.78 is 73.0. The normalized spacial score (nSPS) is 22.3. The molecular formula is C24H24ClF3N4O4S. The predicted molar refractivity (Wildman–Crippen MR) is 131 cm³/mol. The zero-order valence-electron chi connectivity index (χ0n) is 19.9. The number of carbonyl (C=O) groups is 1. The Morgan fingerprint density at radius 1 is 1.14 bits per heavy atom. The minimum Gasteiger partial charge on any atom is -0.466 e. The summed E-state index contributed by atoms with van der Waals surface area (Å²) in [6, 6.07) is 2.88. The highest BCUT2D eigenvalue weighted by Crippen LogP contribution is 2.41. The molecule has 0 saturated heterocycles. The van der Waals surface area contributed by atoms with E-state index in [1.807, 2.05) is 0 Å². The fourth-order valence-corrected chi connectivity index (χ4v) is 5.79. The molecule has 2 heterocycles. The number of amidine groups is 1. The van der Waals surface area contributed by atoms with Crippen LogP contribution in [0.2, 0.25) is 5.02 Å². The summed E-state index contributed by atoms with van der Waals surface area (Å²) in [6.45, 7) is 0. The van der Waals surface area contributed by atoms with Crippen LogP contribution in [0.4, 0.5) is 13.2 Å². The fraction of sp³-hybridized carbons (Fsp3) is 0.375. The number of hydrogen-bond acceptors (Lipinski definition) is 7. The van der Waals surface area contributed by atoms with E-state index in [4.69, 9.17) is 16.3 Å². The van der Waals surface area contributed by atoms with E-state index >= 15 is 0 Å². The number of rotatable bonds is 6. The molecule has 1 atom stereocenters. The summed E-state index contributed by atoms with van der Waals surface area (Å²) in [4.78, 5) is 21.4. The Balaban J connectivity index is 1.81. The molecule has 2 aromatic rings. The van der Waals surface area contributed by atoms with Gasteiger partial charge in [0.05, 0.1) is 25.1 Å². The van der Waals surface area contributed by atoms with Gasteiger partial charge in [-0.3, -0.25) is 4.99 Å². The maximum Gasteiger partial charge on any atom is 0.338 e. The Hall–Kier alpha value is -2.96. The van der Waals surface area contributed by atoms with Crippen molar-refractivity contribution in [1.82, 2.24) is 15.0 Å². The van der Waals surface area contributed by atoms with Crippen LogP contribution in [-0.4, -0.2) is 44.6 Å². The van der Waals surface area contributed by atoms with Crippen LogP contribution in [0.25, 0.3) is 0 Å². The second kappa shape index (κ2) is 10.8. The maximum absolute atomic E-state index is 14.7. The van der Waals surface area contributed by atoms with Crippen LogP contribution in [0.5, 0.6) is 0 Å². The first-order valence-electron chi connectivity index (χ1n) is 11.4. The Kier molecular flexibility index (Phi) is 7.91. The molecule has 37 heavy (non-hydrogen) atoms. The molecular weight excluding hydrogens is 533 g/mol. The lowest BCUT2D eigenvalue weighted by atomic mass is 9.80. The molecule has 0 spiro atoms. The molecule has 0 amide bonds. The molecule has 8 nitrogen and oxygen atoms in total. The van der Waals surface area contributed by atoms with Gasteiger partial charge in [0.1, 0.15) is 23.4 Å². The first kappa shape index (κ1) is 27.1. The number of aliphatic imine (C=N–C) groups is 1. The molecule has 0 radical (unpaired) electrons. The van der Waals surface area contributed by atoms with Crippen molar-refractivity contribution in [3.63, 3.8) is 0 Å². The fourth-order valence-electron chi connectivity index (χ4n) is 4.68. The molecule has 1 unspecified atom stereocenters. The summed E-state index contributed by atoms with van der Waals surface area (Å²) in [5, 5.41) is 3.00. The average Bonchev–Trinajstić information content (AvgIpc) is 2.82. The lowest BCUT2D eigenvalue weighted by molar-refractivity contribution is -0.136. The molecule has 1 fully saturated rings. The summed E-state index contributed by atoms with van der Waals surface area (Å²) in [5.41, 5.74) is 0.473. The van der Waals surface area contributed by atoms with Gasteiger partial charge in [-0.25, -0.2) is 36.1 Å². The molecule has 1 aromatic carbocycles. The third-order valence-electron chi connectivity index (χ3n) is 6.29. The predicted octanol–water partition coefficient (Wildman–Crippen LogP) is 3.78. The van der Waals surface area contributed by atoms with Crippen molar-refractivity contribution in [2.75, 3.05) is 13.4 Å². The van der Waals surface area contributed by atoms with Crippen LogP contribution in [0.3, 0.4) is 0 Å². The van der Waals surface area contributed by atoms with Crippen molar-refractivity contribution in [1.29, 1.82) is 0 Å². The van der Waals surface area contributed by atoms with Gasteiger partial charge in [-0.2, -0.15) is 0 Å². The number of aromatic nitrogens is 1. The summed E-state index contributed by atoms with van der Waals surface area (Å²) in [7, 11) is -2.20. The average molecular weight is 557 g/mol. The van der Waals surface area contributed by atoms with Gasteiger partial charge in [-0.05, 0) is 43.7 Å². The Morgan fingerprint density at radius 3 is 2.43 bits per heavy atom. The first-order chi connectivity index (χ1) is 17.5. The molecule has 4 rings (SSSR count). The van der Waals surface area contributed by atoms with Crippen LogP contribution in [-0.2, 0) is 19.6 Å². The van der Waals surface area contributed by atoms with Crippen LogP contribution in [0.1, 0.15) is 43.0 Å². The number of pyridine rings is 1. The van der Waals surface area contributed by atoms with Crippen molar-refractivity contribution in [2.24, 2.45) is 10.9 Å². The van der Waals surface area contributed by atoms with Gasteiger partial charge < -0.3 is 10.1 Å². The Morgan fingerprint density at radius 2 is 1.84 bits per heavy atom. The molecule has 1 saturated carbocycles. The van der Waals surface area contributed by atoms with Gasteiger partial charge in [0.25, 0.3) is 0 Å². The second-order valence-corrected chi connectivity index (χ2v) is 11.1. The van der Waals surface area contributed by atoms with E-state index in [0.717, 1.165) is 24.6 Å². The molecule has 1 aliphatic heterocycles. The standard InChI is InChI=1S/C24H24ClF3N4O4S/c1-36-24(33)19-20(12-3-6-15(7-4-12)32-37(2,34)35)30-23(22-18(28)10-14(27)11-29-22)31-21(19)16-8-5-13(26)9-17(16)25/h5,8-12,15,21,32H,3-4,6-7H2,1-2H3,(H,30,31). The third kappa shape index (κ3) is 6.13. The van der Waals surface area contributed by atoms with Crippen LogP contribution in [0, 0.1) is 23.4 Å². The van der Waals surface area contributed by atoms with E-state index in [1.54, 1.807) is 0 Å². The SMILES string of the molecule is COC(=O)C1=C(C2CCC(NS(C)(=O)=O)CC2)NC(c2ncc(F)cc2F)=NC1c1ccc(F)cc1Cl. The number of nitrogens with zero attached hydrogens (tertiary/aromatic N) is 2. The van der Waals surface area contributed by atoms with Gasteiger partial charge in [0, 0.05) is 28.4 Å². The van der Waals surface area contributed by atoms with Crippen molar-refractivity contribution in [2.45, 2.75) is 37.8 Å². The molecule has 13 heteroatoms. The number of methoxy groups -OCH3 is 1. The summed E-state index contributed by atoms with van der Waals surface area (Å²) in [6.07, 6.45) is 3.84. The molecule has 2 N–H and O–H groups in total. The Labute approximate surface area is 217 Å². The zero-order chi connectivity index (χ0) is 26.9. The number of hydrogen-bond donors (Lipinski definition) is 2. The second-order valence-electron chi connectivity index (χ2n) is 8.91. The number of sulfonamides is 1. The van der Waals surface area contributed by atoms with E-state index in [9.17, 15) is 26.4 Å².